The van der Waals surface area contributed by atoms with E-state index in [-0.39, 0.29) is 23.9 Å². The maximum absolute atomic E-state index is 13.5. The molecule has 1 fully saturated rings. The van der Waals surface area contributed by atoms with Crippen LogP contribution in [-0.4, -0.2) is 37.0 Å². The van der Waals surface area contributed by atoms with Gasteiger partial charge in [0.2, 0.25) is 5.91 Å². The summed E-state index contributed by atoms with van der Waals surface area (Å²) >= 11 is 0. The third-order valence-electron chi connectivity index (χ3n) is 4.01. The van der Waals surface area contributed by atoms with Crippen LogP contribution < -0.4 is 11.1 Å². The van der Waals surface area contributed by atoms with E-state index in [2.05, 4.69) is 5.32 Å². The molecule has 1 unspecified atom stereocenters. The van der Waals surface area contributed by atoms with E-state index in [4.69, 9.17) is 5.73 Å². The molecule has 3 N–H and O–H groups in total. The zero-order chi connectivity index (χ0) is 17.7. The number of amides is 1. The van der Waals surface area contributed by atoms with E-state index < -0.39 is 17.6 Å². The second kappa shape index (κ2) is 7.94. The summed E-state index contributed by atoms with van der Waals surface area (Å²) in [5, 5.41) is 2.73. The largest absolute Gasteiger partial charge is 0.416 e. The standard InChI is InChI=1S/C16H21F4N3O/c17-14-7-11(6-13(8-14)16(18,19)20)9-23-5-1-2-12(10-23)15(24)22-4-3-21/h6-8,12H,1-5,9-10,21H2,(H,22,24). The Morgan fingerprint density at radius 2 is 2.08 bits per heavy atom. The van der Waals surface area contributed by atoms with Gasteiger partial charge in [0.15, 0.2) is 0 Å². The lowest BCUT2D eigenvalue weighted by atomic mass is 9.96. The second-order valence-electron chi connectivity index (χ2n) is 6.00. The third-order valence-corrected chi connectivity index (χ3v) is 4.01. The average molecular weight is 347 g/mol. The number of halogens is 4. The quantitative estimate of drug-likeness (QED) is 0.803. The Morgan fingerprint density at radius 3 is 2.75 bits per heavy atom. The molecule has 1 aliphatic heterocycles. The van der Waals surface area contributed by atoms with Crippen molar-refractivity contribution in [2.75, 3.05) is 26.2 Å². The minimum atomic E-state index is -4.58. The van der Waals surface area contributed by atoms with Crippen molar-refractivity contribution < 1.29 is 22.4 Å². The SMILES string of the molecule is NCCNC(=O)C1CCCN(Cc2cc(F)cc(C(F)(F)F)c2)C1. The highest BCUT2D eigenvalue weighted by atomic mass is 19.4. The van der Waals surface area contributed by atoms with Gasteiger partial charge in [-0.3, -0.25) is 9.69 Å². The van der Waals surface area contributed by atoms with Gasteiger partial charge < -0.3 is 11.1 Å². The molecule has 1 amide bonds. The first kappa shape index (κ1) is 18.7. The van der Waals surface area contributed by atoms with Crippen LogP contribution in [0.3, 0.4) is 0 Å². The minimum Gasteiger partial charge on any atom is -0.355 e. The molecule has 1 atom stereocenters. The number of carbonyl (C=O) groups excluding carboxylic acids is 1. The Labute approximate surface area is 138 Å². The average Bonchev–Trinajstić information content (AvgIpc) is 2.51. The molecule has 134 valence electrons. The monoisotopic (exact) mass is 347 g/mol. The molecule has 0 aromatic heterocycles. The lowest BCUT2D eigenvalue weighted by Crippen LogP contribution is -2.43. The number of nitrogens with zero attached hydrogens (tertiary/aromatic N) is 1. The number of nitrogens with one attached hydrogen (secondary N) is 1. The fourth-order valence-electron chi connectivity index (χ4n) is 2.92. The second-order valence-corrected chi connectivity index (χ2v) is 6.00. The summed E-state index contributed by atoms with van der Waals surface area (Å²) in [5.74, 6) is -1.23. The summed E-state index contributed by atoms with van der Waals surface area (Å²) in [7, 11) is 0. The molecule has 0 saturated carbocycles. The van der Waals surface area contributed by atoms with Gasteiger partial charge in [-0.05, 0) is 43.1 Å². The van der Waals surface area contributed by atoms with E-state index in [1.165, 1.54) is 0 Å². The number of rotatable bonds is 5. The fourth-order valence-corrected chi connectivity index (χ4v) is 2.92. The summed E-state index contributed by atoms with van der Waals surface area (Å²) in [6.45, 7) is 2.04. The van der Waals surface area contributed by atoms with Gasteiger partial charge in [0, 0.05) is 26.2 Å². The van der Waals surface area contributed by atoms with Crippen LogP contribution in [0.15, 0.2) is 18.2 Å². The molecule has 1 heterocycles. The zero-order valence-electron chi connectivity index (χ0n) is 13.2. The number of nitrogens with two attached hydrogens (primary N) is 1. The maximum atomic E-state index is 13.5. The van der Waals surface area contributed by atoms with Crippen LogP contribution in [0.2, 0.25) is 0 Å². The van der Waals surface area contributed by atoms with Crippen molar-refractivity contribution in [3.63, 3.8) is 0 Å². The van der Waals surface area contributed by atoms with Crippen molar-refractivity contribution >= 4 is 5.91 Å². The number of alkyl halides is 3. The number of hydrogen-bond acceptors (Lipinski definition) is 3. The van der Waals surface area contributed by atoms with Gasteiger partial charge in [-0.25, -0.2) is 4.39 Å². The van der Waals surface area contributed by atoms with E-state index in [0.717, 1.165) is 25.0 Å². The summed E-state index contributed by atoms with van der Waals surface area (Å²) < 4.78 is 51.8. The van der Waals surface area contributed by atoms with Crippen molar-refractivity contribution in [3.05, 3.63) is 35.1 Å². The number of hydrogen-bond donors (Lipinski definition) is 2. The first-order chi connectivity index (χ1) is 11.3. The molecular formula is C16H21F4N3O. The highest BCUT2D eigenvalue weighted by Crippen LogP contribution is 2.31. The van der Waals surface area contributed by atoms with Crippen molar-refractivity contribution in [2.24, 2.45) is 11.7 Å². The van der Waals surface area contributed by atoms with E-state index in [1.54, 1.807) is 0 Å². The predicted octanol–water partition coefficient (Wildman–Crippen LogP) is 2.13. The molecule has 8 heteroatoms. The molecule has 1 aliphatic rings. The topological polar surface area (TPSA) is 58.4 Å². The van der Waals surface area contributed by atoms with Gasteiger partial charge in [-0.2, -0.15) is 13.2 Å². The lowest BCUT2D eigenvalue weighted by Gasteiger charge is -2.32. The molecular weight excluding hydrogens is 326 g/mol. The molecule has 24 heavy (non-hydrogen) atoms. The van der Waals surface area contributed by atoms with Crippen LogP contribution in [-0.2, 0) is 17.5 Å². The highest BCUT2D eigenvalue weighted by molar-refractivity contribution is 5.78. The molecule has 1 aromatic rings. The smallest absolute Gasteiger partial charge is 0.355 e. The molecule has 0 aliphatic carbocycles. The summed E-state index contributed by atoms with van der Waals surface area (Å²) in [5.41, 5.74) is 4.61. The van der Waals surface area contributed by atoms with Crippen LogP contribution in [0.5, 0.6) is 0 Å². The highest BCUT2D eigenvalue weighted by Gasteiger charge is 2.32. The van der Waals surface area contributed by atoms with Crippen LogP contribution in [0.4, 0.5) is 17.6 Å². The van der Waals surface area contributed by atoms with E-state index in [9.17, 15) is 22.4 Å². The van der Waals surface area contributed by atoms with Gasteiger partial charge in [0.1, 0.15) is 5.82 Å². The van der Waals surface area contributed by atoms with E-state index in [1.807, 2.05) is 4.90 Å². The van der Waals surface area contributed by atoms with Crippen molar-refractivity contribution in [1.29, 1.82) is 0 Å². The third kappa shape index (κ3) is 5.17. The van der Waals surface area contributed by atoms with Gasteiger partial charge in [0.25, 0.3) is 0 Å². The first-order valence-electron chi connectivity index (χ1n) is 7.86. The molecule has 0 spiro atoms. The van der Waals surface area contributed by atoms with Crippen molar-refractivity contribution in [3.8, 4) is 0 Å². The Balaban J connectivity index is 2.03. The van der Waals surface area contributed by atoms with E-state index >= 15 is 0 Å². The minimum absolute atomic E-state index is 0.0969. The lowest BCUT2D eigenvalue weighted by molar-refractivity contribution is -0.137. The molecule has 4 nitrogen and oxygen atoms in total. The summed E-state index contributed by atoms with van der Waals surface area (Å²) in [6.07, 6.45) is -3.09. The Morgan fingerprint density at radius 1 is 1.33 bits per heavy atom. The zero-order valence-corrected chi connectivity index (χ0v) is 13.2. The number of piperidine rings is 1. The van der Waals surface area contributed by atoms with Gasteiger partial charge in [-0.1, -0.05) is 0 Å². The van der Waals surface area contributed by atoms with Crippen molar-refractivity contribution in [1.82, 2.24) is 10.2 Å². The summed E-state index contributed by atoms with van der Waals surface area (Å²) in [4.78, 5) is 13.9. The van der Waals surface area contributed by atoms with Crippen molar-refractivity contribution in [2.45, 2.75) is 25.6 Å². The number of likely N-dealkylation sites (tertiary alicyclic amines) is 1. The maximum Gasteiger partial charge on any atom is 0.416 e. The molecule has 2 rings (SSSR count). The Kier molecular flexibility index (Phi) is 6.17. The first-order valence-corrected chi connectivity index (χ1v) is 7.86. The molecule has 0 bridgehead atoms. The Bertz CT molecular complexity index is 577. The van der Waals surface area contributed by atoms with Gasteiger partial charge in [0.05, 0.1) is 11.5 Å². The van der Waals surface area contributed by atoms with Gasteiger partial charge >= 0.3 is 6.18 Å². The Hall–Kier alpha value is -1.67. The predicted molar refractivity (Wildman–Crippen MR) is 81.5 cm³/mol. The fraction of sp³-hybridized carbons (Fsp3) is 0.562. The van der Waals surface area contributed by atoms with E-state index in [0.29, 0.717) is 32.2 Å². The van der Waals surface area contributed by atoms with Crippen LogP contribution >= 0.6 is 0 Å². The molecule has 1 saturated heterocycles. The van der Waals surface area contributed by atoms with Crippen LogP contribution in [0.25, 0.3) is 0 Å². The molecule has 1 aromatic carbocycles. The summed E-state index contributed by atoms with van der Waals surface area (Å²) in [6, 6.07) is 2.55. The number of benzene rings is 1. The normalized spacial score (nSPS) is 19.3. The van der Waals surface area contributed by atoms with Gasteiger partial charge in [-0.15, -0.1) is 0 Å². The van der Waals surface area contributed by atoms with Crippen LogP contribution in [0, 0.1) is 11.7 Å². The molecule has 0 radical (unpaired) electrons. The number of carbonyl (C=O) groups is 1. The van der Waals surface area contributed by atoms with Crippen LogP contribution in [0.1, 0.15) is 24.0 Å².